The summed E-state index contributed by atoms with van der Waals surface area (Å²) in [6, 6.07) is 13.8. The average molecular weight is 383 g/mol. The lowest BCUT2D eigenvalue weighted by molar-refractivity contribution is -0.00834. The van der Waals surface area contributed by atoms with E-state index in [0.29, 0.717) is 18.9 Å². The molecule has 2 N–H and O–H groups in total. The van der Waals surface area contributed by atoms with Crippen molar-refractivity contribution in [1.82, 2.24) is 10.2 Å². The third kappa shape index (κ3) is 4.57. The Balaban J connectivity index is 1.78. The van der Waals surface area contributed by atoms with Crippen LogP contribution in [0.2, 0.25) is 0 Å². The first-order valence-corrected chi connectivity index (χ1v) is 9.69. The fourth-order valence-electron chi connectivity index (χ4n) is 3.42. The van der Waals surface area contributed by atoms with Gasteiger partial charge in [0, 0.05) is 18.7 Å². The maximum absolute atomic E-state index is 10.3. The third-order valence-electron chi connectivity index (χ3n) is 4.94. The van der Waals surface area contributed by atoms with Crippen molar-refractivity contribution in [1.29, 1.82) is 0 Å². The Bertz CT molecular complexity index is 822. The van der Waals surface area contributed by atoms with E-state index in [2.05, 4.69) is 42.3 Å². The van der Waals surface area contributed by atoms with Gasteiger partial charge in [-0.1, -0.05) is 36.4 Å². The van der Waals surface area contributed by atoms with Crippen molar-refractivity contribution in [2.45, 2.75) is 26.5 Å². The summed E-state index contributed by atoms with van der Waals surface area (Å²) >= 11 is 0. The van der Waals surface area contributed by atoms with Crippen LogP contribution in [0.25, 0.3) is 0 Å². The number of guanidine groups is 1. The molecule has 1 aliphatic heterocycles. The van der Waals surface area contributed by atoms with Crippen LogP contribution in [-0.2, 0) is 11.3 Å². The minimum atomic E-state index is 0.0176. The summed E-state index contributed by atoms with van der Waals surface area (Å²) < 4.78 is 11.2. The molecule has 0 saturated carbocycles. The summed E-state index contributed by atoms with van der Waals surface area (Å²) in [5.41, 5.74) is 3.18. The van der Waals surface area contributed by atoms with Gasteiger partial charge >= 0.3 is 0 Å². The number of phenolic OH excluding ortho intramolecular Hbond substituents is 1. The molecule has 1 unspecified atom stereocenters. The predicted molar refractivity (Wildman–Crippen MR) is 111 cm³/mol. The Hall–Kier alpha value is -2.73. The lowest BCUT2D eigenvalue weighted by atomic mass is 10.0. The van der Waals surface area contributed by atoms with E-state index in [-0.39, 0.29) is 11.9 Å². The van der Waals surface area contributed by atoms with Crippen LogP contribution in [0.5, 0.6) is 11.5 Å². The summed E-state index contributed by atoms with van der Waals surface area (Å²) in [6.45, 7) is 7.47. The Morgan fingerprint density at radius 3 is 2.86 bits per heavy atom. The molecule has 28 heavy (non-hydrogen) atoms. The molecule has 1 aliphatic rings. The lowest BCUT2D eigenvalue weighted by Gasteiger charge is -2.35. The van der Waals surface area contributed by atoms with Crippen molar-refractivity contribution >= 4 is 5.96 Å². The van der Waals surface area contributed by atoms with Gasteiger partial charge in [0.25, 0.3) is 0 Å². The van der Waals surface area contributed by atoms with Crippen molar-refractivity contribution in [3.63, 3.8) is 0 Å². The molecule has 2 aromatic rings. The number of nitrogens with zero attached hydrogens (tertiary/aromatic N) is 2. The summed E-state index contributed by atoms with van der Waals surface area (Å²) in [6.07, 6.45) is 0.0176. The van der Waals surface area contributed by atoms with Crippen LogP contribution in [0.4, 0.5) is 0 Å². The second kappa shape index (κ2) is 9.46. The molecule has 150 valence electrons. The van der Waals surface area contributed by atoms with Crippen LogP contribution in [0.15, 0.2) is 47.5 Å². The number of rotatable bonds is 5. The number of ether oxygens (including phenoxy) is 2. The van der Waals surface area contributed by atoms with Crippen LogP contribution in [0, 0.1) is 6.92 Å². The molecule has 0 bridgehead atoms. The van der Waals surface area contributed by atoms with E-state index in [1.165, 1.54) is 11.1 Å². The van der Waals surface area contributed by atoms with E-state index in [0.717, 1.165) is 31.2 Å². The van der Waals surface area contributed by atoms with Crippen molar-refractivity contribution in [3.05, 3.63) is 59.2 Å². The fourth-order valence-corrected chi connectivity index (χ4v) is 3.42. The van der Waals surface area contributed by atoms with E-state index < -0.39 is 0 Å². The average Bonchev–Trinajstić information content (AvgIpc) is 2.72. The number of hydrogen-bond donors (Lipinski definition) is 2. The van der Waals surface area contributed by atoms with Gasteiger partial charge in [0.2, 0.25) is 0 Å². The quantitative estimate of drug-likeness (QED) is 0.613. The van der Waals surface area contributed by atoms with Gasteiger partial charge in [-0.25, -0.2) is 4.99 Å². The van der Waals surface area contributed by atoms with Crippen molar-refractivity contribution in [2.24, 2.45) is 4.99 Å². The van der Waals surface area contributed by atoms with Gasteiger partial charge in [-0.3, -0.25) is 0 Å². The third-order valence-corrected chi connectivity index (χ3v) is 4.94. The zero-order valence-corrected chi connectivity index (χ0v) is 16.8. The summed E-state index contributed by atoms with van der Waals surface area (Å²) in [7, 11) is 1.55. The highest BCUT2D eigenvalue weighted by Gasteiger charge is 2.25. The molecule has 2 aromatic carbocycles. The van der Waals surface area contributed by atoms with Gasteiger partial charge in [-0.05, 0) is 31.0 Å². The molecule has 6 nitrogen and oxygen atoms in total. The highest BCUT2D eigenvalue weighted by molar-refractivity contribution is 5.80. The number of aryl methyl sites for hydroxylation is 1. The predicted octanol–water partition coefficient (Wildman–Crippen LogP) is 3.25. The molecule has 1 fully saturated rings. The second-order valence-electron chi connectivity index (χ2n) is 6.80. The SMILES string of the molecule is CCNC(=NCc1cccc(OC)c1O)N1CCOC(c2ccccc2C)C1. The molecular formula is C22H29N3O3. The number of phenols is 1. The van der Waals surface area contributed by atoms with E-state index >= 15 is 0 Å². The lowest BCUT2D eigenvalue weighted by Crippen LogP contribution is -2.48. The van der Waals surface area contributed by atoms with Crippen LogP contribution in [-0.4, -0.2) is 49.3 Å². The van der Waals surface area contributed by atoms with Crippen LogP contribution >= 0.6 is 0 Å². The maximum atomic E-state index is 10.3. The van der Waals surface area contributed by atoms with Crippen molar-refractivity contribution in [2.75, 3.05) is 33.4 Å². The molecule has 0 amide bonds. The number of para-hydroxylation sites is 1. The van der Waals surface area contributed by atoms with E-state index in [1.54, 1.807) is 13.2 Å². The number of benzene rings is 2. The molecule has 1 heterocycles. The fraction of sp³-hybridized carbons (Fsp3) is 0.409. The number of aliphatic imine (C=N–C) groups is 1. The van der Waals surface area contributed by atoms with Crippen LogP contribution in [0.3, 0.4) is 0 Å². The van der Waals surface area contributed by atoms with E-state index in [9.17, 15) is 5.11 Å². The highest BCUT2D eigenvalue weighted by Crippen LogP contribution is 2.30. The maximum Gasteiger partial charge on any atom is 0.194 e. The van der Waals surface area contributed by atoms with Crippen LogP contribution in [0.1, 0.15) is 29.7 Å². The molecule has 0 spiro atoms. The molecule has 0 radical (unpaired) electrons. The first-order valence-electron chi connectivity index (χ1n) is 9.69. The number of aromatic hydroxyl groups is 1. The standard InChI is InChI=1S/C22H29N3O3/c1-4-23-22(24-14-17-9-7-11-19(27-3)21(17)26)25-12-13-28-20(15-25)18-10-6-5-8-16(18)2/h5-11,20,26H,4,12-15H2,1-3H3,(H,23,24). The zero-order chi connectivity index (χ0) is 19.9. The van der Waals surface area contributed by atoms with Gasteiger partial charge in [0.1, 0.15) is 6.10 Å². The summed E-state index contributed by atoms with van der Waals surface area (Å²) in [4.78, 5) is 6.98. The van der Waals surface area contributed by atoms with Crippen LogP contribution < -0.4 is 10.1 Å². The van der Waals surface area contributed by atoms with Gasteiger partial charge in [-0.2, -0.15) is 0 Å². The molecular weight excluding hydrogens is 354 g/mol. The molecule has 6 heteroatoms. The molecule has 3 rings (SSSR count). The van der Waals surface area contributed by atoms with Crippen molar-refractivity contribution in [3.8, 4) is 11.5 Å². The van der Waals surface area contributed by atoms with Gasteiger partial charge in [0.05, 0.1) is 26.8 Å². The number of hydrogen-bond acceptors (Lipinski definition) is 4. The largest absolute Gasteiger partial charge is 0.504 e. The molecule has 0 aliphatic carbocycles. The highest BCUT2D eigenvalue weighted by atomic mass is 16.5. The first kappa shape index (κ1) is 20.0. The smallest absolute Gasteiger partial charge is 0.194 e. The Morgan fingerprint density at radius 2 is 2.11 bits per heavy atom. The monoisotopic (exact) mass is 383 g/mol. The topological polar surface area (TPSA) is 66.3 Å². The molecule has 1 atom stereocenters. The number of nitrogens with one attached hydrogen (secondary N) is 1. The zero-order valence-electron chi connectivity index (χ0n) is 16.8. The summed E-state index contributed by atoms with van der Waals surface area (Å²) in [5.74, 6) is 1.43. The summed E-state index contributed by atoms with van der Waals surface area (Å²) in [5, 5.41) is 13.7. The van der Waals surface area contributed by atoms with Gasteiger partial charge in [-0.15, -0.1) is 0 Å². The van der Waals surface area contributed by atoms with E-state index in [4.69, 9.17) is 14.5 Å². The Kier molecular flexibility index (Phi) is 6.76. The number of morpholine rings is 1. The minimum Gasteiger partial charge on any atom is -0.504 e. The van der Waals surface area contributed by atoms with E-state index in [1.807, 2.05) is 18.2 Å². The first-order chi connectivity index (χ1) is 13.6. The second-order valence-corrected chi connectivity index (χ2v) is 6.80. The number of methoxy groups -OCH3 is 1. The Labute approximate surface area is 166 Å². The van der Waals surface area contributed by atoms with Gasteiger partial charge < -0.3 is 24.8 Å². The van der Waals surface area contributed by atoms with Gasteiger partial charge in [0.15, 0.2) is 17.5 Å². The minimum absolute atomic E-state index is 0.0176. The molecule has 0 aromatic heterocycles. The Morgan fingerprint density at radius 1 is 1.29 bits per heavy atom. The normalized spacial score (nSPS) is 17.5. The molecule has 1 saturated heterocycles. The van der Waals surface area contributed by atoms with Crippen molar-refractivity contribution < 1.29 is 14.6 Å².